The molecule has 3 heteroatoms. The average molecular weight is 279 g/mol. The van der Waals surface area contributed by atoms with Crippen LogP contribution in [0, 0.1) is 0 Å². The van der Waals surface area contributed by atoms with Crippen molar-refractivity contribution in [3.8, 4) is 0 Å². The van der Waals surface area contributed by atoms with Crippen molar-refractivity contribution in [1.82, 2.24) is 0 Å². The van der Waals surface area contributed by atoms with Crippen LogP contribution < -0.4 is 0 Å². The molecule has 2 aliphatic rings. The third kappa shape index (κ3) is 2.69. The Hall–Kier alpha value is -0.510. The second-order valence-electron chi connectivity index (χ2n) is 6.47. The van der Waals surface area contributed by atoms with Crippen LogP contribution in [-0.4, -0.2) is 36.9 Å². The summed E-state index contributed by atoms with van der Waals surface area (Å²) in [6.45, 7) is 10.2. The Morgan fingerprint density at radius 2 is 1.37 bits per heavy atom. The van der Waals surface area contributed by atoms with Gasteiger partial charge in [-0.05, 0) is 23.1 Å². The summed E-state index contributed by atoms with van der Waals surface area (Å²) in [4.78, 5) is 1.50. The molecule has 104 valence electrons. The van der Waals surface area contributed by atoms with Gasteiger partial charge in [-0.1, -0.05) is 32.9 Å². The Morgan fingerprint density at radius 1 is 0.895 bits per heavy atom. The summed E-state index contributed by atoms with van der Waals surface area (Å²) in [7, 11) is 0.311. The lowest BCUT2D eigenvalue weighted by molar-refractivity contribution is 0.0301. The van der Waals surface area contributed by atoms with E-state index in [2.05, 4.69) is 45.0 Å². The molecule has 2 fully saturated rings. The van der Waals surface area contributed by atoms with Gasteiger partial charge in [-0.25, -0.2) is 0 Å². The number of hydrogen-bond acceptors (Lipinski definition) is 2. The normalized spacial score (nSPS) is 31.2. The highest BCUT2D eigenvalue weighted by Gasteiger charge is 2.47. The molecule has 2 saturated heterocycles. The number of hydrogen-bond donors (Lipinski definition) is 0. The summed E-state index contributed by atoms with van der Waals surface area (Å²) in [6.07, 6.45) is 0. The van der Waals surface area contributed by atoms with Gasteiger partial charge in [0.15, 0.2) is 15.4 Å². The van der Waals surface area contributed by atoms with Crippen LogP contribution in [0.25, 0.3) is 0 Å². The van der Waals surface area contributed by atoms with Gasteiger partial charge < -0.3 is 9.47 Å². The molecular formula is C16H23O2S+. The van der Waals surface area contributed by atoms with E-state index >= 15 is 0 Å². The molecule has 0 aliphatic carbocycles. The first-order chi connectivity index (χ1) is 9.05. The van der Waals surface area contributed by atoms with Gasteiger partial charge in [-0.3, -0.25) is 0 Å². The van der Waals surface area contributed by atoms with E-state index in [0.29, 0.717) is 21.4 Å². The van der Waals surface area contributed by atoms with Crippen molar-refractivity contribution >= 4 is 10.9 Å². The van der Waals surface area contributed by atoms with Crippen molar-refractivity contribution in [3.05, 3.63) is 29.8 Å². The van der Waals surface area contributed by atoms with Crippen molar-refractivity contribution in [2.45, 2.75) is 41.6 Å². The number of benzene rings is 1. The van der Waals surface area contributed by atoms with Crippen LogP contribution in [0.15, 0.2) is 29.2 Å². The third-order valence-corrected chi connectivity index (χ3v) is 6.72. The van der Waals surface area contributed by atoms with E-state index in [0.717, 1.165) is 26.4 Å². The first-order valence-corrected chi connectivity index (χ1v) is 8.39. The molecule has 1 aromatic carbocycles. The van der Waals surface area contributed by atoms with Gasteiger partial charge in [-0.2, -0.15) is 0 Å². The van der Waals surface area contributed by atoms with Crippen molar-refractivity contribution in [1.29, 1.82) is 0 Å². The minimum Gasteiger partial charge on any atom is -0.371 e. The molecule has 19 heavy (non-hydrogen) atoms. The molecule has 1 aromatic rings. The highest BCUT2D eigenvalue weighted by atomic mass is 32.2. The minimum absolute atomic E-state index is 0.232. The maximum absolute atomic E-state index is 5.69. The zero-order chi connectivity index (χ0) is 13.5. The van der Waals surface area contributed by atoms with Gasteiger partial charge in [-0.15, -0.1) is 0 Å². The van der Waals surface area contributed by atoms with Crippen molar-refractivity contribution in [2.75, 3.05) is 26.4 Å². The fourth-order valence-corrected chi connectivity index (χ4v) is 5.56. The lowest BCUT2D eigenvalue weighted by Crippen LogP contribution is -2.52. The van der Waals surface area contributed by atoms with E-state index in [1.54, 1.807) is 0 Å². The maximum Gasteiger partial charge on any atom is 0.170 e. The first kappa shape index (κ1) is 13.5. The molecule has 2 bridgehead atoms. The van der Waals surface area contributed by atoms with Gasteiger partial charge in [0.25, 0.3) is 0 Å². The Bertz CT molecular complexity index is 413. The highest BCUT2D eigenvalue weighted by molar-refractivity contribution is 7.98. The lowest BCUT2D eigenvalue weighted by atomic mass is 9.87. The highest BCUT2D eigenvalue weighted by Crippen LogP contribution is 2.32. The molecular weight excluding hydrogens is 256 g/mol. The molecule has 0 spiro atoms. The summed E-state index contributed by atoms with van der Waals surface area (Å²) in [6, 6.07) is 9.27. The fraction of sp³-hybridized carbons (Fsp3) is 0.625. The minimum atomic E-state index is 0.232. The van der Waals surface area contributed by atoms with Crippen LogP contribution in [0.1, 0.15) is 26.3 Å². The van der Waals surface area contributed by atoms with E-state index in [1.807, 2.05) is 0 Å². The molecule has 2 heterocycles. The molecule has 0 N–H and O–H groups in total. The number of rotatable bonds is 1. The molecule has 0 atom stereocenters. The van der Waals surface area contributed by atoms with E-state index in [-0.39, 0.29) is 5.41 Å². The van der Waals surface area contributed by atoms with E-state index in [1.165, 1.54) is 10.5 Å². The molecule has 2 aliphatic heterocycles. The first-order valence-electron chi connectivity index (χ1n) is 7.03. The predicted octanol–water partition coefficient (Wildman–Crippen LogP) is 2.76. The van der Waals surface area contributed by atoms with Gasteiger partial charge in [0.2, 0.25) is 0 Å². The lowest BCUT2D eigenvalue weighted by Gasteiger charge is -2.34. The molecule has 3 rings (SSSR count). The van der Waals surface area contributed by atoms with E-state index < -0.39 is 0 Å². The van der Waals surface area contributed by atoms with Crippen molar-refractivity contribution in [2.24, 2.45) is 0 Å². The Kier molecular flexibility index (Phi) is 3.63. The molecule has 0 radical (unpaired) electrons. The van der Waals surface area contributed by atoms with Gasteiger partial charge >= 0.3 is 0 Å². The third-order valence-electron chi connectivity index (χ3n) is 3.93. The van der Waals surface area contributed by atoms with Crippen LogP contribution in [0.5, 0.6) is 0 Å². The van der Waals surface area contributed by atoms with E-state index in [9.17, 15) is 0 Å². The van der Waals surface area contributed by atoms with Crippen LogP contribution in [-0.2, 0) is 25.8 Å². The summed E-state index contributed by atoms with van der Waals surface area (Å²) in [5.74, 6) is 0. The number of fused-ring (bicyclic) bond motifs is 2. The van der Waals surface area contributed by atoms with Gasteiger partial charge in [0.1, 0.15) is 0 Å². The molecule has 0 unspecified atom stereocenters. The SMILES string of the molecule is CC(C)(C)c1ccc([S+]2C3COCC2COC3)cc1. The van der Waals surface area contributed by atoms with Gasteiger partial charge in [0, 0.05) is 10.9 Å². The van der Waals surface area contributed by atoms with Crippen molar-refractivity contribution < 1.29 is 9.47 Å². The molecule has 0 saturated carbocycles. The zero-order valence-corrected chi connectivity index (χ0v) is 12.8. The van der Waals surface area contributed by atoms with Crippen LogP contribution in [0.3, 0.4) is 0 Å². The summed E-state index contributed by atoms with van der Waals surface area (Å²) in [5.41, 5.74) is 1.64. The number of ether oxygens (including phenoxy) is 2. The largest absolute Gasteiger partial charge is 0.371 e. The van der Waals surface area contributed by atoms with Crippen LogP contribution in [0.4, 0.5) is 0 Å². The Labute approximate surface area is 118 Å². The second-order valence-corrected chi connectivity index (χ2v) is 9.01. The van der Waals surface area contributed by atoms with Crippen LogP contribution in [0.2, 0.25) is 0 Å². The van der Waals surface area contributed by atoms with Crippen LogP contribution >= 0.6 is 0 Å². The standard InChI is InChI=1S/C16H23O2S/c1-16(2,3)12-4-6-13(7-5-12)19-14-8-17-10-15(19)11-18-9-14/h4-7,14-15H,8-11H2,1-3H3/q+1. The monoisotopic (exact) mass is 279 g/mol. The molecule has 2 nitrogen and oxygen atoms in total. The average Bonchev–Trinajstić information content (AvgIpc) is 2.37. The predicted molar refractivity (Wildman–Crippen MR) is 80.0 cm³/mol. The smallest absolute Gasteiger partial charge is 0.170 e. The molecule has 0 aromatic heterocycles. The molecule has 0 amide bonds. The fourth-order valence-electron chi connectivity index (χ4n) is 2.82. The second kappa shape index (κ2) is 5.12. The Balaban J connectivity index is 1.85. The topological polar surface area (TPSA) is 18.5 Å². The zero-order valence-electron chi connectivity index (χ0n) is 12.0. The van der Waals surface area contributed by atoms with Gasteiger partial charge in [0.05, 0.1) is 26.4 Å². The summed E-state index contributed by atoms with van der Waals surface area (Å²) < 4.78 is 11.4. The maximum atomic E-state index is 5.69. The Morgan fingerprint density at radius 3 is 1.79 bits per heavy atom. The van der Waals surface area contributed by atoms with E-state index in [4.69, 9.17) is 9.47 Å². The summed E-state index contributed by atoms with van der Waals surface area (Å²) >= 11 is 0. The summed E-state index contributed by atoms with van der Waals surface area (Å²) in [5, 5.41) is 1.13. The quantitative estimate of drug-likeness (QED) is 0.736. The van der Waals surface area contributed by atoms with Crippen molar-refractivity contribution in [3.63, 3.8) is 0 Å².